The van der Waals surface area contributed by atoms with Crippen LogP contribution < -0.4 is 10.5 Å². The van der Waals surface area contributed by atoms with Gasteiger partial charge in [-0.3, -0.25) is 4.79 Å². The van der Waals surface area contributed by atoms with Crippen LogP contribution in [0.15, 0.2) is 53.9 Å². The minimum Gasteiger partial charge on any atom is -0.486 e. The van der Waals surface area contributed by atoms with Crippen molar-refractivity contribution in [3.8, 4) is 16.3 Å². The molecule has 1 heterocycles. The quantitative estimate of drug-likeness (QED) is 0.756. The first-order chi connectivity index (χ1) is 11.1. The number of nitrogens with zero attached hydrogens (tertiary/aromatic N) is 1. The molecule has 0 saturated heterocycles. The Kier molecular flexibility index (Phi) is 4.60. The van der Waals surface area contributed by atoms with Crippen molar-refractivity contribution in [3.05, 3.63) is 70.2 Å². The zero-order chi connectivity index (χ0) is 16.2. The number of para-hydroxylation sites is 1. The van der Waals surface area contributed by atoms with Crippen molar-refractivity contribution in [1.29, 1.82) is 0 Å². The third-order valence-electron chi connectivity index (χ3n) is 3.17. The van der Waals surface area contributed by atoms with Gasteiger partial charge in [-0.05, 0) is 24.3 Å². The number of rotatable bonds is 5. The molecule has 3 rings (SSSR count). The molecule has 23 heavy (non-hydrogen) atoms. The number of hydrogen-bond donors (Lipinski definition) is 1. The first-order valence-corrected chi connectivity index (χ1v) is 8.11. The maximum atomic E-state index is 11.4. The van der Waals surface area contributed by atoms with Crippen LogP contribution in [-0.2, 0) is 6.61 Å². The van der Waals surface area contributed by atoms with E-state index in [0.29, 0.717) is 16.3 Å². The highest BCUT2D eigenvalue weighted by molar-refractivity contribution is 7.13. The fourth-order valence-corrected chi connectivity index (χ4v) is 2.98. The van der Waals surface area contributed by atoms with Gasteiger partial charge in [0, 0.05) is 16.0 Å². The topological polar surface area (TPSA) is 65.2 Å². The van der Waals surface area contributed by atoms with Crippen LogP contribution in [0.3, 0.4) is 0 Å². The lowest BCUT2D eigenvalue weighted by molar-refractivity contribution is 0.0996. The number of aromatic nitrogens is 1. The van der Waals surface area contributed by atoms with Gasteiger partial charge in [-0.1, -0.05) is 35.9 Å². The van der Waals surface area contributed by atoms with Gasteiger partial charge in [0.05, 0.1) is 11.3 Å². The molecule has 0 aliphatic carbocycles. The van der Waals surface area contributed by atoms with E-state index in [1.54, 1.807) is 24.3 Å². The second-order valence-electron chi connectivity index (χ2n) is 4.80. The molecule has 4 nitrogen and oxygen atoms in total. The number of nitrogens with two attached hydrogens (primary N) is 1. The summed E-state index contributed by atoms with van der Waals surface area (Å²) in [5.41, 5.74) is 7.49. The number of carbonyl (C=O) groups excluding carboxylic acids is 1. The Morgan fingerprint density at radius 2 is 1.91 bits per heavy atom. The van der Waals surface area contributed by atoms with E-state index in [4.69, 9.17) is 22.1 Å². The van der Waals surface area contributed by atoms with Crippen LogP contribution >= 0.6 is 22.9 Å². The van der Waals surface area contributed by atoms with Gasteiger partial charge in [-0.2, -0.15) is 0 Å². The minimum absolute atomic E-state index is 0.272. The van der Waals surface area contributed by atoms with Crippen molar-refractivity contribution >= 4 is 28.8 Å². The molecule has 0 saturated carbocycles. The summed E-state index contributed by atoms with van der Waals surface area (Å²) in [4.78, 5) is 15.9. The zero-order valence-corrected chi connectivity index (χ0v) is 13.6. The number of primary amides is 1. The Morgan fingerprint density at radius 3 is 2.65 bits per heavy atom. The maximum Gasteiger partial charge on any atom is 0.252 e. The van der Waals surface area contributed by atoms with Gasteiger partial charge in [0.25, 0.3) is 5.91 Å². The van der Waals surface area contributed by atoms with Gasteiger partial charge < -0.3 is 10.5 Å². The number of benzene rings is 2. The van der Waals surface area contributed by atoms with Gasteiger partial charge in [-0.15, -0.1) is 11.3 Å². The number of halogens is 1. The molecule has 2 aromatic carbocycles. The summed E-state index contributed by atoms with van der Waals surface area (Å²) in [5.74, 6) is -0.0539. The normalized spacial score (nSPS) is 10.5. The highest BCUT2D eigenvalue weighted by atomic mass is 35.5. The number of hydrogen-bond acceptors (Lipinski definition) is 4. The molecule has 0 fully saturated rings. The molecule has 1 amide bonds. The fourth-order valence-electron chi connectivity index (χ4n) is 2.05. The Morgan fingerprint density at radius 1 is 1.17 bits per heavy atom. The maximum absolute atomic E-state index is 11.4. The molecule has 0 spiro atoms. The van der Waals surface area contributed by atoms with E-state index in [1.165, 1.54) is 11.3 Å². The van der Waals surface area contributed by atoms with Crippen LogP contribution in [0, 0.1) is 0 Å². The standard InChI is InChI=1S/C17H13ClN2O2S/c18-12-7-5-11(6-8-12)17-20-13(10-23-17)9-22-15-4-2-1-3-14(15)16(19)21/h1-8,10H,9H2,(H2,19,21). The van der Waals surface area contributed by atoms with Crippen molar-refractivity contribution < 1.29 is 9.53 Å². The summed E-state index contributed by atoms with van der Waals surface area (Å²) in [6, 6.07) is 14.4. The average molecular weight is 345 g/mol. The fraction of sp³-hybridized carbons (Fsp3) is 0.0588. The molecule has 2 N–H and O–H groups in total. The van der Waals surface area contributed by atoms with Crippen molar-refractivity contribution in [3.63, 3.8) is 0 Å². The lowest BCUT2D eigenvalue weighted by Gasteiger charge is -2.07. The molecule has 0 unspecified atom stereocenters. The summed E-state index contributed by atoms with van der Waals surface area (Å²) < 4.78 is 5.68. The largest absolute Gasteiger partial charge is 0.486 e. The van der Waals surface area contributed by atoms with Crippen molar-refractivity contribution in [2.24, 2.45) is 5.73 Å². The number of amides is 1. The first kappa shape index (κ1) is 15.5. The van der Waals surface area contributed by atoms with Gasteiger partial charge >= 0.3 is 0 Å². The Balaban J connectivity index is 1.73. The summed E-state index contributed by atoms with van der Waals surface area (Å²) >= 11 is 7.42. The van der Waals surface area contributed by atoms with E-state index < -0.39 is 5.91 Å². The van der Waals surface area contributed by atoms with Crippen molar-refractivity contribution in [1.82, 2.24) is 4.98 Å². The SMILES string of the molecule is NC(=O)c1ccccc1OCc1csc(-c2ccc(Cl)cc2)n1. The molecule has 1 aromatic heterocycles. The van der Waals surface area contributed by atoms with E-state index in [9.17, 15) is 4.79 Å². The van der Waals surface area contributed by atoms with E-state index in [1.807, 2.05) is 29.6 Å². The van der Waals surface area contributed by atoms with Gasteiger partial charge in [0.15, 0.2) is 0 Å². The van der Waals surface area contributed by atoms with Gasteiger partial charge in [0.2, 0.25) is 0 Å². The van der Waals surface area contributed by atoms with Crippen LogP contribution in [-0.4, -0.2) is 10.9 Å². The number of carbonyl (C=O) groups is 1. The summed E-state index contributed by atoms with van der Waals surface area (Å²) in [7, 11) is 0. The predicted molar refractivity (Wildman–Crippen MR) is 91.9 cm³/mol. The van der Waals surface area contributed by atoms with Gasteiger partial charge in [0.1, 0.15) is 17.4 Å². The molecule has 3 aromatic rings. The predicted octanol–water partition coefficient (Wildman–Crippen LogP) is 4.14. The van der Waals surface area contributed by atoms with Crippen LogP contribution in [0.2, 0.25) is 5.02 Å². The lowest BCUT2D eigenvalue weighted by atomic mass is 10.2. The van der Waals surface area contributed by atoms with E-state index in [-0.39, 0.29) is 6.61 Å². The molecule has 0 bridgehead atoms. The minimum atomic E-state index is -0.513. The highest BCUT2D eigenvalue weighted by Gasteiger charge is 2.10. The monoisotopic (exact) mass is 344 g/mol. The molecule has 0 aliphatic rings. The van der Waals surface area contributed by atoms with Crippen LogP contribution in [0.25, 0.3) is 10.6 Å². The first-order valence-electron chi connectivity index (χ1n) is 6.85. The molecular formula is C17H13ClN2O2S. The number of thiazole rings is 1. The third kappa shape index (κ3) is 3.70. The smallest absolute Gasteiger partial charge is 0.252 e. The second kappa shape index (κ2) is 6.81. The van der Waals surface area contributed by atoms with Crippen molar-refractivity contribution in [2.45, 2.75) is 6.61 Å². The summed E-state index contributed by atoms with van der Waals surface area (Å²) in [6.07, 6.45) is 0. The Bertz CT molecular complexity index is 831. The second-order valence-corrected chi connectivity index (χ2v) is 6.09. The van der Waals surface area contributed by atoms with E-state index in [2.05, 4.69) is 4.98 Å². The molecule has 0 atom stereocenters. The summed E-state index contributed by atoms with van der Waals surface area (Å²) in [6.45, 7) is 0.272. The zero-order valence-electron chi connectivity index (χ0n) is 12.0. The van der Waals surface area contributed by atoms with Gasteiger partial charge in [-0.25, -0.2) is 4.98 Å². The molecule has 116 valence electrons. The molecule has 6 heteroatoms. The third-order valence-corrected chi connectivity index (χ3v) is 4.36. The molecule has 0 aliphatic heterocycles. The lowest BCUT2D eigenvalue weighted by Crippen LogP contribution is -2.12. The summed E-state index contributed by atoms with van der Waals surface area (Å²) in [5, 5.41) is 3.51. The highest BCUT2D eigenvalue weighted by Crippen LogP contribution is 2.26. The number of ether oxygens (including phenoxy) is 1. The Labute approximate surface area is 142 Å². The van der Waals surface area contributed by atoms with E-state index in [0.717, 1.165) is 16.3 Å². The van der Waals surface area contributed by atoms with E-state index >= 15 is 0 Å². The van der Waals surface area contributed by atoms with Crippen LogP contribution in [0.5, 0.6) is 5.75 Å². The van der Waals surface area contributed by atoms with Crippen LogP contribution in [0.1, 0.15) is 16.1 Å². The molecule has 0 radical (unpaired) electrons. The average Bonchev–Trinajstić information content (AvgIpc) is 3.03. The van der Waals surface area contributed by atoms with Crippen molar-refractivity contribution in [2.75, 3.05) is 0 Å². The Hall–Kier alpha value is -2.37. The van der Waals surface area contributed by atoms with Crippen LogP contribution in [0.4, 0.5) is 0 Å². The molecular weight excluding hydrogens is 332 g/mol.